The standard InChI is InChI=1S/C21H22/c1-3-7-19-17(5-1)18-6-2-4-8-20(18)21(19)13-15-9-10-16(14-21)12-11-15/h1-8,15-16H,9-14H2. The second-order valence-corrected chi connectivity index (χ2v) is 7.47. The highest BCUT2D eigenvalue weighted by Gasteiger charge is 2.48. The van der Waals surface area contributed by atoms with Gasteiger partial charge in [-0.2, -0.15) is 0 Å². The van der Waals surface area contributed by atoms with Crippen molar-refractivity contribution in [3.63, 3.8) is 0 Å². The minimum atomic E-state index is 0.329. The van der Waals surface area contributed by atoms with Gasteiger partial charge in [0.25, 0.3) is 0 Å². The lowest BCUT2D eigenvalue weighted by molar-refractivity contribution is 0.308. The Balaban J connectivity index is 1.79. The van der Waals surface area contributed by atoms with E-state index in [2.05, 4.69) is 48.5 Å². The van der Waals surface area contributed by atoms with Gasteiger partial charge in [-0.05, 0) is 46.9 Å². The zero-order valence-corrected chi connectivity index (χ0v) is 12.5. The molecule has 0 nitrogen and oxygen atoms in total. The maximum atomic E-state index is 2.42. The summed E-state index contributed by atoms with van der Waals surface area (Å²) in [6, 6.07) is 18.4. The van der Waals surface area contributed by atoms with Crippen LogP contribution in [0.15, 0.2) is 48.5 Å². The smallest absolute Gasteiger partial charge is 0.0220 e. The maximum Gasteiger partial charge on any atom is 0.0220 e. The van der Waals surface area contributed by atoms with Crippen LogP contribution in [0.1, 0.15) is 49.7 Å². The van der Waals surface area contributed by atoms with Crippen molar-refractivity contribution in [3.05, 3.63) is 59.7 Å². The van der Waals surface area contributed by atoms with Crippen LogP contribution in [0.3, 0.4) is 0 Å². The number of hydrogen-bond acceptors (Lipinski definition) is 0. The Kier molecular flexibility index (Phi) is 2.42. The summed E-state index contributed by atoms with van der Waals surface area (Å²) in [5.74, 6) is 1.89. The minimum absolute atomic E-state index is 0.329. The summed E-state index contributed by atoms with van der Waals surface area (Å²) < 4.78 is 0. The summed E-state index contributed by atoms with van der Waals surface area (Å²) in [6.07, 6.45) is 8.65. The lowest BCUT2D eigenvalue weighted by Gasteiger charge is -2.33. The van der Waals surface area contributed by atoms with Crippen LogP contribution in [0.4, 0.5) is 0 Å². The average Bonchev–Trinajstić information content (AvgIpc) is 2.70. The quantitative estimate of drug-likeness (QED) is 0.590. The van der Waals surface area contributed by atoms with Gasteiger partial charge in [-0.3, -0.25) is 0 Å². The van der Waals surface area contributed by atoms with E-state index in [-0.39, 0.29) is 0 Å². The predicted molar refractivity (Wildman–Crippen MR) is 87.3 cm³/mol. The van der Waals surface area contributed by atoms with Crippen LogP contribution in [0.25, 0.3) is 11.1 Å². The summed E-state index contributed by atoms with van der Waals surface area (Å²) in [7, 11) is 0. The number of fused-ring (bicyclic) bond motifs is 5. The lowest BCUT2D eigenvalue weighted by Crippen LogP contribution is -2.27. The molecule has 2 bridgehead atoms. The molecule has 0 saturated heterocycles. The molecule has 4 aliphatic carbocycles. The molecule has 3 fully saturated rings. The third-order valence-electron chi connectivity index (χ3n) is 6.42. The molecular weight excluding hydrogens is 252 g/mol. The van der Waals surface area contributed by atoms with E-state index in [9.17, 15) is 0 Å². The second-order valence-electron chi connectivity index (χ2n) is 7.47. The van der Waals surface area contributed by atoms with E-state index in [1.807, 2.05) is 0 Å². The van der Waals surface area contributed by atoms with E-state index >= 15 is 0 Å². The Hall–Kier alpha value is -1.56. The van der Waals surface area contributed by atoms with Gasteiger partial charge in [0.2, 0.25) is 0 Å². The van der Waals surface area contributed by atoms with E-state index in [0.717, 1.165) is 11.8 Å². The first-order valence-corrected chi connectivity index (χ1v) is 8.56. The summed E-state index contributed by atoms with van der Waals surface area (Å²) in [5.41, 5.74) is 6.61. The second kappa shape index (κ2) is 4.22. The first kappa shape index (κ1) is 12.0. The molecule has 21 heavy (non-hydrogen) atoms. The fourth-order valence-corrected chi connectivity index (χ4v) is 5.56. The van der Waals surface area contributed by atoms with Gasteiger partial charge in [0.15, 0.2) is 0 Å². The average molecular weight is 274 g/mol. The largest absolute Gasteiger partial charge is 0.0619 e. The van der Waals surface area contributed by atoms with Crippen LogP contribution >= 0.6 is 0 Å². The van der Waals surface area contributed by atoms with Gasteiger partial charge in [-0.25, -0.2) is 0 Å². The molecule has 0 aliphatic heterocycles. The number of benzene rings is 2. The molecule has 1 spiro atoms. The van der Waals surface area contributed by atoms with E-state index in [4.69, 9.17) is 0 Å². The highest BCUT2D eigenvalue weighted by Crippen LogP contribution is 2.59. The lowest BCUT2D eigenvalue weighted by atomic mass is 9.70. The van der Waals surface area contributed by atoms with Gasteiger partial charge in [-0.1, -0.05) is 74.2 Å². The fourth-order valence-electron chi connectivity index (χ4n) is 5.56. The molecule has 0 N–H and O–H groups in total. The van der Waals surface area contributed by atoms with Crippen molar-refractivity contribution in [1.82, 2.24) is 0 Å². The van der Waals surface area contributed by atoms with Crippen molar-refractivity contribution in [2.45, 2.75) is 43.9 Å². The van der Waals surface area contributed by atoms with Crippen LogP contribution in [0.2, 0.25) is 0 Å². The monoisotopic (exact) mass is 274 g/mol. The summed E-state index contributed by atoms with van der Waals surface area (Å²) >= 11 is 0. The van der Waals surface area contributed by atoms with Gasteiger partial charge in [0, 0.05) is 5.41 Å². The molecule has 0 heteroatoms. The van der Waals surface area contributed by atoms with E-state index in [1.54, 1.807) is 11.1 Å². The van der Waals surface area contributed by atoms with E-state index in [0.29, 0.717) is 5.41 Å². The summed E-state index contributed by atoms with van der Waals surface area (Å²) in [6.45, 7) is 0. The Morgan fingerprint density at radius 3 is 1.52 bits per heavy atom. The Bertz CT molecular complexity index is 627. The molecule has 6 rings (SSSR count). The van der Waals surface area contributed by atoms with Gasteiger partial charge in [0.05, 0.1) is 0 Å². The Morgan fingerprint density at radius 1 is 0.619 bits per heavy atom. The van der Waals surface area contributed by atoms with Crippen molar-refractivity contribution in [3.8, 4) is 11.1 Å². The zero-order valence-electron chi connectivity index (χ0n) is 12.5. The number of hydrogen-bond donors (Lipinski definition) is 0. The molecule has 2 aromatic rings. The topological polar surface area (TPSA) is 0 Å². The molecular formula is C21H22. The molecule has 4 aliphatic rings. The third-order valence-corrected chi connectivity index (χ3v) is 6.42. The van der Waals surface area contributed by atoms with Crippen LogP contribution in [0.5, 0.6) is 0 Å². The third kappa shape index (κ3) is 1.56. The SMILES string of the molecule is c1ccc2c(c1)-c1ccccc1C21CC2CCC(CC2)C1. The van der Waals surface area contributed by atoms with Crippen molar-refractivity contribution in [1.29, 1.82) is 0 Å². The van der Waals surface area contributed by atoms with Gasteiger partial charge >= 0.3 is 0 Å². The zero-order chi connectivity index (χ0) is 13.9. The van der Waals surface area contributed by atoms with Gasteiger partial charge in [0.1, 0.15) is 0 Å². The van der Waals surface area contributed by atoms with Crippen LogP contribution in [-0.4, -0.2) is 0 Å². The fraction of sp³-hybridized carbons (Fsp3) is 0.429. The summed E-state index contributed by atoms with van der Waals surface area (Å²) in [5, 5.41) is 0. The van der Waals surface area contributed by atoms with Crippen molar-refractivity contribution < 1.29 is 0 Å². The van der Waals surface area contributed by atoms with E-state index in [1.165, 1.54) is 49.7 Å². The maximum absolute atomic E-state index is 2.42. The predicted octanol–water partition coefficient (Wildman–Crippen LogP) is 5.55. The van der Waals surface area contributed by atoms with E-state index < -0.39 is 0 Å². The van der Waals surface area contributed by atoms with Crippen LogP contribution in [-0.2, 0) is 5.41 Å². The Morgan fingerprint density at radius 2 is 1.05 bits per heavy atom. The Labute approximate surface area is 127 Å². The molecule has 0 amide bonds. The van der Waals surface area contributed by atoms with Crippen LogP contribution in [0, 0.1) is 11.8 Å². The molecule has 0 radical (unpaired) electrons. The first-order chi connectivity index (χ1) is 10.4. The molecule has 0 unspecified atom stereocenters. The van der Waals surface area contributed by atoms with Gasteiger partial charge < -0.3 is 0 Å². The molecule has 0 heterocycles. The van der Waals surface area contributed by atoms with Gasteiger partial charge in [-0.15, -0.1) is 0 Å². The minimum Gasteiger partial charge on any atom is -0.0619 e. The highest BCUT2D eigenvalue weighted by atomic mass is 14.5. The molecule has 0 aromatic heterocycles. The molecule has 0 atom stereocenters. The first-order valence-electron chi connectivity index (χ1n) is 8.56. The number of rotatable bonds is 0. The molecule has 106 valence electrons. The normalized spacial score (nSPS) is 28.2. The molecule has 2 aromatic carbocycles. The molecule has 3 saturated carbocycles. The van der Waals surface area contributed by atoms with Crippen LogP contribution < -0.4 is 0 Å². The highest BCUT2D eigenvalue weighted by molar-refractivity contribution is 5.81. The van der Waals surface area contributed by atoms with Crippen molar-refractivity contribution in [2.75, 3.05) is 0 Å². The van der Waals surface area contributed by atoms with Crippen molar-refractivity contribution >= 4 is 0 Å². The summed E-state index contributed by atoms with van der Waals surface area (Å²) in [4.78, 5) is 0. The van der Waals surface area contributed by atoms with Crippen molar-refractivity contribution in [2.24, 2.45) is 11.8 Å².